The van der Waals surface area contributed by atoms with Crippen molar-refractivity contribution in [1.82, 2.24) is 0 Å². The molecule has 0 unspecified atom stereocenters. The quantitative estimate of drug-likeness (QED) is 0.615. The van der Waals surface area contributed by atoms with Crippen molar-refractivity contribution in [3.05, 3.63) is 23.8 Å². The molecule has 1 amide bonds. The number of ether oxygens (including phenoxy) is 2. The van der Waals surface area contributed by atoms with Crippen LogP contribution in [0.4, 0.5) is 5.69 Å². The van der Waals surface area contributed by atoms with Crippen LogP contribution in [0.1, 0.15) is 31.1 Å². The molecule has 1 rings (SSSR count). The molecule has 5 nitrogen and oxygen atoms in total. The van der Waals surface area contributed by atoms with E-state index in [4.69, 9.17) is 20.9 Å². The molecule has 0 aliphatic heterocycles. The van der Waals surface area contributed by atoms with Crippen LogP contribution in [0.15, 0.2) is 18.2 Å². The van der Waals surface area contributed by atoms with Crippen LogP contribution < -0.4 is 16.2 Å². The Hall–Kier alpha value is -1.75. The highest BCUT2D eigenvalue weighted by molar-refractivity contribution is 5.94. The molecule has 1 aromatic rings. The van der Waals surface area contributed by atoms with E-state index in [1.807, 2.05) is 20.8 Å². The van der Waals surface area contributed by atoms with E-state index < -0.39 is 5.91 Å². The SMILES string of the molecule is CC(C)(C)OCCOc1ccc(C(N)=O)cc1N. The molecule has 0 aromatic heterocycles. The van der Waals surface area contributed by atoms with Gasteiger partial charge in [0.1, 0.15) is 12.4 Å². The van der Waals surface area contributed by atoms with E-state index in [1.165, 1.54) is 6.07 Å². The van der Waals surface area contributed by atoms with Crippen molar-refractivity contribution >= 4 is 11.6 Å². The minimum atomic E-state index is -0.510. The summed E-state index contributed by atoms with van der Waals surface area (Å²) < 4.78 is 11.0. The Kier molecular flexibility index (Phi) is 4.55. The molecule has 0 fully saturated rings. The standard InChI is InChI=1S/C13H20N2O3/c1-13(2,3)18-7-6-17-11-5-4-9(12(15)16)8-10(11)14/h4-5,8H,6-7,14H2,1-3H3,(H2,15,16). The summed E-state index contributed by atoms with van der Waals surface area (Å²) in [5, 5.41) is 0. The zero-order chi connectivity index (χ0) is 13.8. The lowest BCUT2D eigenvalue weighted by atomic mass is 10.2. The Morgan fingerprint density at radius 2 is 1.94 bits per heavy atom. The Morgan fingerprint density at radius 1 is 1.28 bits per heavy atom. The smallest absolute Gasteiger partial charge is 0.248 e. The Balaban J connectivity index is 2.51. The summed E-state index contributed by atoms with van der Waals surface area (Å²) in [6.45, 7) is 6.80. The van der Waals surface area contributed by atoms with Crippen LogP contribution in [0.5, 0.6) is 5.75 Å². The van der Waals surface area contributed by atoms with E-state index in [9.17, 15) is 4.79 Å². The zero-order valence-electron chi connectivity index (χ0n) is 11.0. The highest BCUT2D eigenvalue weighted by atomic mass is 16.5. The molecule has 0 aliphatic rings. The Morgan fingerprint density at radius 3 is 2.44 bits per heavy atom. The lowest BCUT2D eigenvalue weighted by molar-refractivity contribution is -0.0162. The lowest BCUT2D eigenvalue weighted by Gasteiger charge is -2.19. The molecule has 0 aliphatic carbocycles. The fraction of sp³-hybridized carbons (Fsp3) is 0.462. The van der Waals surface area contributed by atoms with Crippen molar-refractivity contribution in [3.8, 4) is 5.75 Å². The number of carbonyl (C=O) groups is 1. The van der Waals surface area contributed by atoms with Crippen LogP contribution in [0.25, 0.3) is 0 Å². The number of nitrogen functional groups attached to an aromatic ring is 1. The van der Waals surface area contributed by atoms with E-state index in [0.29, 0.717) is 30.2 Å². The summed E-state index contributed by atoms with van der Waals surface area (Å²) in [7, 11) is 0. The molecule has 0 radical (unpaired) electrons. The molecular weight excluding hydrogens is 232 g/mol. The number of carbonyl (C=O) groups excluding carboxylic acids is 1. The third-order valence-electron chi connectivity index (χ3n) is 2.17. The first-order valence-electron chi connectivity index (χ1n) is 5.76. The van der Waals surface area contributed by atoms with Gasteiger partial charge in [-0.3, -0.25) is 4.79 Å². The van der Waals surface area contributed by atoms with Gasteiger partial charge in [0, 0.05) is 5.56 Å². The highest BCUT2D eigenvalue weighted by Gasteiger charge is 2.10. The fourth-order valence-corrected chi connectivity index (χ4v) is 1.33. The van der Waals surface area contributed by atoms with Gasteiger partial charge in [-0.2, -0.15) is 0 Å². The largest absolute Gasteiger partial charge is 0.489 e. The van der Waals surface area contributed by atoms with Gasteiger partial charge in [0.25, 0.3) is 0 Å². The van der Waals surface area contributed by atoms with E-state index in [1.54, 1.807) is 12.1 Å². The maximum atomic E-state index is 10.9. The maximum Gasteiger partial charge on any atom is 0.248 e. The number of rotatable bonds is 5. The van der Waals surface area contributed by atoms with Gasteiger partial charge < -0.3 is 20.9 Å². The molecule has 0 atom stereocenters. The molecule has 0 heterocycles. The summed E-state index contributed by atoms with van der Waals surface area (Å²) in [6.07, 6.45) is 0. The maximum absolute atomic E-state index is 10.9. The van der Waals surface area contributed by atoms with Crippen LogP contribution in [0, 0.1) is 0 Å². The first-order chi connectivity index (χ1) is 8.29. The normalized spacial score (nSPS) is 11.3. The summed E-state index contributed by atoms with van der Waals surface area (Å²) in [4.78, 5) is 10.9. The minimum Gasteiger partial charge on any atom is -0.489 e. The van der Waals surface area contributed by atoms with Crippen molar-refractivity contribution in [3.63, 3.8) is 0 Å². The molecule has 0 spiro atoms. The predicted molar refractivity (Wildman–Crippen MR) is 70.6 cm³/mol. The average Bonchev–Trinajstić information content (AvgIpc) is 2.24. The Bertz CT molecular complexity index is 425. The zero-order valence-corrected chi connectivity index (χ0v) is 11.0. The van der Waals surface area contributed by atoms with Crippen LogP contribution >= 0.6 is 0 Å². The van der Waals surface area contributed by atoms with Crippen molar-refractivity contribution in [2.24, 2.45) is 5.73 Å². The third kappa shape index (κ3) is 4.63. The van der Waals surface area contributed by atoms with Gasteiger partial charge in [0.15, 0.2) is 0 Å². The highest BCUT2D eigenvalue weighted by Crippen LogP contribution is 2.22. The minimum absolute atomic E-state index is 0.190. The monoisotopic (exact) mass is 252 g/mol. The number of benzene rings is 1. The topological polar surface area (TPSA) is 87.6 Å². The molecule has 100 valence electrons. The van der Waals surface area contributed by atoms with E-state index >= 15 is 0 Å². The van der Waals surface area contributed by atoms with Crippen LogP contribution in [-0.4, -0.2) is 24.7 Å². The van der Waals surface area contributed by atoms with Crippen molar-refractivity contribution in [2.45, 2.75) is 26.4 Å². The van der Waals surface area contributed by atoms with Gasteiger partial charge >= 0.3 is 0 Å². The second-order valence-corrected chi connectivity index (χ2v) is 4.93. The fourth-order valence-electron chi connectivity index (χ4n) is 1.33. The number of nitrogens with two attached hydrogens (primary N) is 2. The van der Waals surface area contributed by atoms with Crippen molar-refractivity contribution < 1.29 is 14.3 Å². The first-order valence-corrected chi connectivity index (χ1v) is 5.76. The van der Waals surface area contributed by atoms with Gasteiger partial charge in [-0.1, -0.05) is 0 Å². The second kappa shape index (κ2) is 5.73. The summed E-state index contributed by atoms with van der Waals surface area (Å²) >= 11 is 0. The van der Waals surface area contributed by atoms with E-state index in [-0.39, 0.29) is 5.60 Å². The number of primary amides is 1. The first kappa shape index (κ1) is 14.3. The van der Waals surface area contributed by atoms with Crippen LogP contribution in [-0.2, 0) is 4.74 Å². The van der Waals surface area contributed by atoms with E-state index in [0.717, 1.165) is 0 Å². The molecule has 0 saturated heterocycles. The van der Waals surface area contributed by atoms with Crippen LogP contribution in [0.3, 0.4) is 0 Å². The summed E-state index contributed by atoms with van der Waals surface area (Å²) in [6, 6.07) is 4.72. The van der Waals surface area contributed by atoms with E-state index in [2.05, 4.69) is 0 Å². The lowest BCUT2D eigenvalue weighted by Crippen LogP contribution is -2.22. The number of amides is 1. The average molecular weight is 252 g/mol. The molecular formula is C13H20N2O3. The summed E-state index contributed by atoms with van der Waals surface area (Å²) in [5.74, 6) is 0.0156. The van der Waals surface area contributed by atoms with Crippen LogP contribution in [0.2, 0.25) is 0 Å². The third-order valence-corrected chi connectivity index (χ3v) is 2.17. The van der Waals surface area contributed by atoms with Crippen molar-refractivity contribution in [2.75, 3.05) is 18.9 Å². The number of hydrogen-bond donors (Lipinski definition) is 2. The molecule has 5 heteroatoms. The molecule has 4 N–H and O–H groups in total. The van der Waals surface area contributed by atoms with Gasteiger partial charge in [-0.15, -0.1) is 0 Å². The molecule has 18 heavy (non-hydrogen) atoms. The predicted octanol–water partition coefficient (Wildman–Crippen LogP) is 1.56. The Labute approximate surface area is 107 Å². The molecule has 1 aromatic carbocycles. The van der Waals surface area contributed by atoms with Gasteiger partial charge in [-0.25, -0.2) is 0 Å². The second-order valence-electron chi connectivity index (χ2n) is 4.93. The molecule has 0 saturated carbocycles. The number of anilines is 1. The molecule has 0 bridgehead atoms. The van der Waals surface area contributed by atoms with Gasteiger partial charge in [0.05, 0.1) is 17.9 Å². The van der Waals surface area contributed by atoms with Gasteiger partial charge in [-0.05, 0) is 39.0 Å². The van der Waals surface area contributed by atoms with Crippen molar-refractivity contribution in [1.29, 1.82) is 0 Å². The summed E-state index contributed by atoms with van der Waals surface area (Å²) in [5.41, 5.74) is 11.5. The van der Waals surface area contributed by atoms with Gasteiger partial charge in [0.2, 0.25) is 5.91 Å². The number of hydrogen-bond acceptors (Lipinski definition) is 4.